The first-order valence-corrected chi connectivity index (χ1v) is 5.69. The number of nitrogens with zero attached hydrogens (tertiary/aromatic N) is 1. The number of aromatic nitrogens is 1. The molecule has 0 spiro atoms. The van der Waals surface area contributed by atoms with Gasteiger partial charge in [-0.2, -0.15) is 0 Å². The normalized spacial score (nSPS) is 11.2. The van der Waals surface area contributed by atoms with Crippen molar-refractivity contribution in [2.24, 2.45) is 0 Å². The Balaban J connectivity index is 3.29. The highest BCUT2D eigenvalue weighted by Crippen LogP contribution is 2.15. The Kier molecular flexibility index (Phi) is 2.90. The first-order valence-electron chi connectivity index (χ1n) is 3.01. The summed E-state index contributed by atoms with van der Waals surface area (Å²) in [5.74, 6) is 0. The fraction of sp³-hybridized carbons (Fsp3) is 0. The number of rotatable bonds is 2. The zero-order valence-corrected chi connectivity index (χ0v) is 8.40. The van der Waals surface area contributed by atoms with Crippen LogP contribution in [0.3, 0.4) is 0 Å². The molecule has 0 unspecified atom stereocenters. The summed E-state index contributed by atoms with van der Waals surface area (Å²) in [7, 11) is 1.15. The van der Waals surface area contributed by atoms with Crippen LogP contribution in [0.25, 0.3) is 0 Å². The fourth-order valence-electron chi connectivity index (χ4n) is 0.660. The highest BCUT2D eigenvalue weighted by atomic mass is 35.7. The number of hydrogen-bond acceptors (Lipinski definition) is 4. The van der Waals surface area contributed by atoms with Crippen molar-refractivity contribution in [3.63, 3.8) is 0 Å². The predicted octanol–water partition coefficient (Wildman–Crippen LogP) is 1.39. The van der Waals surface area contributed by atoms with E-state index < -0.39 is 14.3 Å². The minimum atomic E-state index is -3.86. The zero-order chi connectivity index (χ0) is 10.1. The number of halogens is 2. The van der Waals surface area contributed by atoms with Gasteiger partial charge in [0.1, 0.15) is 4.90 Å². The van der Waals surface area contributed by atoms with Crippen LogP contribution in [-0.2, 0) is 9.05 Å². The molecule has 0 aliphatic rings. The maximum Gasteiger partial charge on any atom is 0.262 e. The third-order valence-electron chi connectivity index (χ3n) is 1.22. The molecule has 0 radical (unpaired) electrons. The van der Waals surface area contributed by atoms with Crippen molar-refractivity contribution in [2.75, 3.05) is 0 Å². The van der Waals surface area contributed by atoms with Gasteiger partial charge in [-0.05, 0) is 17.7 Å². The molecule has 70 valence electrons. The minimum absolute atomic E-state index is 0.0107. The van der Waals surface area contributed by atoms with Gasteiger partial charge >= 0.3 is 0 Å². The number of hydrogen-bond donors (Lipinski definition) is 0. The van der Waals surface area contributed by atoms with Crippen LogP contribution in [0.1, 0.15) is 10.4 Å². The first-order chi connectivity index (χ1) is 5.91. The van der Waals surface area contributed by atoms with Crippen molar-refractivity contribution in [1.29, 1.82) is 0 Å². The van der Waals surface area contributed by atoms with E-state index in [1.807, 2.05) is 0 Å². The monoisotopic (exact) mass is 239 g/mol. The average Bonchev–Trinajstić information content (AvgIpc) is 2.03. The molecule has 0 aliphatic heterocycles. The van der Waals surface area contributed by atoms with Crippen molar-refractivity contribution in [3.8, 4) is 0 Å². The molecule has 0 N–H and O–H groups in total. The van der Waals surface area contributed by atoms with Crippen LogP contribution in [0.2, 0.25) is 0 Å². The maximum atomic E-state index is 10.8. The van der Waals surface area contributed by atoms with Crippen LogP contribution in [-0.4, -0.2) is 18.6 Å². The van der Waals surface area contributed by atoms with Crippen LogP contribution in [0.4, 0.5) is 0 Å². The second-order valence-electron chi connectivity index (χ2n) is 2.12. The van der Waals surface area contributed by atoms with Crippen molar-refractivity contribution in [3.05, 3.63) is 24.0 Å². The lowest BCUT2D eigenvalue weighted by Gasteiger charge is -1.96. The quantitative estimate of drug-likeness (QED) is 0.732. The lowest BCUT2D eigenvalue weighted by Crippen LogP contribution is -1.96. The molecule has 1 heterocycles. The summed E-state index contributed by atoms with van der Waals surface area (Å²) >= 11 is 5.11. The Morgan fingerprint density at radius 2 is 2.00 bits per heavy atom. The van der Waals surface area contributed by atoms with E-state index in [1.165, 1.54) is 0 Å². The molecule has 1 aromatic heterocycles. The molecular weight excluding hydrogens is 237 g/mol. The Bertz CT molecular complexity index is 443. The second kappa shape index (κ2) is 3.61. The molecule has 0 aromatic carbocycles. The summed E-state index contributed by atoms with van der Waals surface area (Å²) in [5.41, 5.74) is -0.0107. The number of carbonyl (C=O) groups excluding carboxylic acids is 1. The minimum Gasteiger partial charge on any atom is -0.276 e. The standard InChI is InChI=1S/C6H3Cl2NO3S/c7-6(10)4-1-5(3-9-2-4)13(8,11)12/h1-3H. The van der Waals surface area contributed by atoms with Crippen molar-refractivity contribution in [1.82, 2.24) is 4.98 Å². The average molecular weight is 240 g/mol. The molecule has 0 saturated heterocycles. The predicted molar refractivity (Wildman–Crippen MR) is 47.5 cm³/mol. The summed E-state index contributed by atoms with van der Waals surface area (Å²) < 4.78 is 21.6. The fourth-order valence-corrected chi connectivity index (χ4v) is 1.47. The summed E-state index contributed by atoms with van der Waals surface area (Å²) in [5, 5.41) is -0.783. The first kappa shape index (κ1) is 10.4. The zero-order valence-electron chi connectivity index (χ0n) is 6.07. The van der Waals surface area contributed by atoms with Crippen LogP contribution in [0, 0.1) is 0 Å². The van der Waals surface area contributed by atoms with Gasteiger partial charge in [-0.1, -0.05) is 0 Å². The number of carbonyl (C=O) groups is 1. The van der Waals surface area contributed by atoms with Gasteiger partial charge in [0.25, 0.3) is 14.3 Å². The van der Waals surface area contributed by atoms with Gasteiger partial charge in [0.15, 0.2) is 0 Å². The summed E-state index contributed by atoms with van der Waals surface area (Å²) in [6, 6.07) is 1.06. The number of pyridine rings is 1. The lowest BCUT2D eigenvalue weighted by molar-refractivity contribution is 0.108. The molecule has 7 heteroatoms. The summed E-state index contributed by atoms with van der Waals surface area (Å²) in [6.07, 6.45) is 2.19. The molecule has 13 heavy (non-hydrogen) atoms. The largest absolute Gasteiger partial charge is 0.276 e. The molecule has 0 saturated carbocycles. The molecule has 0 amide bonds. The van der Waals surface area contributed by atoms with Crippen molar-refractivity contribution in [2.45, 2.75) is 4.90 Å². The van der Waals surface area contributed by atoms with Crippen LogP contribution in [0.15, 0.2) is 23.4 Å². The topological polar surface area (TPSA) is 64.1 Å². The highest BCUT2D eigenvalue weighted by Gasteiger charge is 2.12. The van der Waals surface area contributed by atoms with E-state index >= 15 is 0 Å². The molecule has 0 bridgehead atoms. The SMILES string of the molecule is O=C(Cl)c1cncc(S(=O)(=O)Cl)c1. The molecule has 1 aromatic rings. The highest BCUT2D eigenvalue weighted by molar-refractivity contribution is 8.13. The van der Waals surface area contributed by atoms with Gasteiger partial charge in [0.2, 0.25) is 0 Å². The van der Waals surface area contributed by atoms with Crippen molar-refractivity contribution < 1.29 is 13.2 Å². The van der Waals surface area contributed by atoms with Crippen LogP contribution >= 0.6 is 22.3 Å². The second-order valence-corrected chi connectivity index (χ2v) is 5.03. The Labute approximate surface area is 83.9 Å². The van der Waals surface area contributed by atoms with Gasteiger partial charge in [-0.25, -0.2) is 8.42 Å². The lowest BCUT2D eigenvalue weighted by atomic mass is 10.3. The van der Waals surface area contributed by atoms with Gasteiger partial charge in [-0.3, -0.25) is 9.78 Å². The molecule has 4 nitrogen and oxygen atoms in total. The van der Waals surface area contributed by atoms with E-state index in [4.69, 9.17) is 22.3 Å². The third-order valence-corrected chi connectivity index (χ3v) is 2.76. The smallest absolute Gasteiger partial charge is 0.262 e. The van der Waals surface area contributed by atoms with Crippen LogP contribution < -0.4 is 0 Å². The molecule has 0 aliphatic carbocycles. The van der Waals surface area contributed by atoms with Crippen LogP contribution in [0.5, 0.6) is 0 Å². The van der Waals surface area contributed by atoms with E-state index in [-0.39, 0.29) is 10.5 Å². The van der Waals surface area contributed by atoms with E-state index in [2.05, 4.69) is 4.98 Å². The molecule has 0 atom stereocenters. The van der Waals surface area contributed by atoms with E-state index in [0.29, 0.717) is 0 Å². The van der Waals surface area contributed by atoms with Gasteiger partial charge in [0, 0.05) is 23.1 Å². The summed E-state index contributed by atoms with van der Waals surface area (Å²) in [6.45, 7) is 0. The van der Waals surface area contributed by atoms with Gasteiger partial charge in [-0.15, -0.1) is 0 Å². The van der Waals surface area contributed by atoms with Gasteiger partial charge in [0.05, 0.1) is 5.56 Å². The summed E-state index contributed by atoms with van der Waals surface area (Å²) in [4.78, 5) is 13.9. The Hall–Kier alpha value is -0.650. The molecular formula is C6H3Cl2NO3S. The van der Waals surface area contributed by atoms with E-state index in [9.17, 15) is 13.2 Å². The van der Waals surface area contributed by atoms with Gasteiger partial charge < -0.3 is 0 Å². The Morgan fingerprint density at radius 3 is 2.46 bits per heavy atom. The van der Waals surface area contributed by atoms with Crippen molar-refractivity contribution >= 4 is 36.6 Å². The van der Waals surface area contributed by atoms with E-state index in [1.54, 1.807) is 0 Å². The molecule has 0 fully saturated rings. The Morgan fingerprint density at radius 1 is 1.38 bits per heavy atom. The van der Waals surface area contributed by atoms with E-state index in [0.717, 1.165) is 18.5 Å². The molecule has 1 rings (SSSR count). The third kappa shape index (κ3) is 2.65. The maximum absolute atomic E-state index is 10.8.